The van der Waals surface area contributed by atoms with E-state index in [0.717, 1.165) is 45.3 Å². The fourth-order valence-electron chi connectivity index (χ4n) is 7.62. The normalized spacial score (nSPS) is 13.5. The number of aromatic nitrogens is 1. The molecule has 0 spiro atoms. The maximum absolute atomic E-state index is 6.61. The number of hydrogen-bond acceptors (Lipinski definition) is 2. The molecule has 0 aliphatic carbocycles. The Bertz CT molecular complexity index is 2300. The summed E-state index contributed by atoms with van der Waals surface area (Å²) < 4.78 is 15.6. The Hall–Kier alpha value is -5.22. The summed E-state index contributed by atoms with van der Waals surface area (Å²) in [7, 11) is 0. The van der Waals surface area contributed by atoms with Gasteiger partial charge in [-0.2, -0.15) is 0 Å². The summed E-state index contributed by atoms with van der Waals surface area (Å²) in [6.45, 7) is 13.8. The summed E-state index contributed by atoms with van der Waals surface area (Å²) in [5.41, 5.74) is 12.0. The maximum Gasteiger partial charge on any atom is 0.260 e. The second-order valence-electron chi connectivity index (χ2n) is 15.4. The summed E-state index contributed by atoms with van der Waals surface area (Å²) in [4.78, 5) is 0. The molecular weight excluding hydrogens is 585 g/mol. The van der Waals surface area contributed by atoms with Gasteiger partial charge in [-0.25, -0.2) is 0 Å². The largest absolute Gasteiger partial charge is 0.458 e. The Morgan fingerprint density at radius 3 is 1.52 bits per heavy atom. The van der Waals surface area contributed by atoms with Crippen molar-refractivity contribution in [2.24, 2.45) is 0 Å². The second kappa shape index (κ2) is 10.1. The van der Waals surface area contributed by atoms with Gasteiger partial charge in [0.25, 0.3) is 6.71 Å². The van der Waals surface area contributed by atoms with Crippen LogP contribution in [-0.2, 0) is 10.8 Å². The first-order valence-electron chi connectivity index (χ1n) is 17.0. The molecule has 2 aliphatic rings. The van der Waals surface area contributed by atoms with Crippen LogP contribution in [0.3, 0.4) is 0 Å². The van der Waals surface area contributed by atoms with Crippen LogP contribution in [0, 0.1) is 0 Å². The van der Waals surface area contributed by atoms with Crippen LogP contribution in [0.2, 0.25) is 0 Å². The van der Waals surface area contributed by atoms with Gasteiger partial charge in [-0.15, -0.1) is 0 Å². The molecule has 0 unspecified atom stereocenters. The van der Waals surface area contributed by atoms with Gasteiger partial charge < -0.3 is 14.0 Å². The van der Waals surface area contributed by atoms with Gasteiger partial charge in [0, 0.05) is 21.9 Å². The van der Waals surface area contributed by atoms with E-state index in [2.05, 4.69) is 155 Å². The van der Waals surface area contributed by atoms with Crippen LogP contribution in [0.4, 0.5) is 0 Å². The van der Waals surface area contributed by atoms with Crippen molar-refractivity contribution >= 4 is 44.9 Å². The molecule has 0 atom stereocenters. The molecule has 3 nitrogen and oxygen atoms in total. The van der Waals surface area contributed by atoms with Gasteiger partial charge in [0.2, 0.25) is 0 Å². The van der Waals surface area contributed by atoms with Gasteiger partial charge in [0.15, 0.2) is 0 Å². The number of para-hydroxylation sites is 2. The molecule has 6 aromatic carbocycles. The van der Waals surface area contributed by atoms with E-state index in [1.807, 2.05) is 12.1 Å². The first-order chi connectivity index (χ1) is 23.0. The van der Waals surface area contributed by atoms with E-state index in [1.165, 1.54) is 43.9 Å². The number of ether oxygens (including phenoxy) is 2. The van der Waals surface area contributed by atoms with Crippen molar-refractivity contribution in [3.8, 4) is 39.8 Å². The molecule has 0 amide bonds. The third kappa shape index (κ3) is 4.42. The summed E-state index contributed by atoms with van der Waals surface area (Å²) in [6, 6.07) is 44.0. The van der Waals surface area contributed by atoms with E-state index in [1.54, 1.807) is 0 Å². The van der Waals surface area contributed by atoms with Crippen LogP contribution in [-0.4, -0.2) is 11.3 Å². The highest BCUT2D eigenvalue weighted by molar-refractivity contribution is 6.98. The zero-order valence-corrected chi connectivity index (χ0v) is 28.4. The number of rotatable bonds is 2. The lowest BCUT2D eigenvalue weighted by molar-refractivity contribution is 0.465. The molecule has 9 rings (SSSR count). The predicted molar refractivity (Wildman–Crippen MR) is 201 cm³/mol. The first kappa shape index (κ1) is 29.0. The number of hydrogen-bond donors (Lipinski definition) is 0. The van der Waals surface area contributed by atoms with Crippen molar-refractivity contribution in [2.45, 2.75) is 52.4 Å². The Morgan fingerprint density at radius 2 is 1.00 bits per heavy atom. The lowest BCUT2D eigenvalue weighted by Crippen LogP contribution is -2.57. The zero-order chi connectivity index (χ0) is 32.9. The topological polar surface area (TPSA) is 23.4 Å². The Labute approximate surface area is 282 Å². The van der Waals surface area contributed by atoms with Crippen molar-refractivity contribution < 1.29 is 9.47 Å². The van der Waals surface area contributed by atoms with Crippen LogP contribution in [0.1, 0.15) is 52.7 Å². The van der Waals surface area contributed by atoms with Crippen LogP contribution in [0.25, 0.3) is 38.6 Å². The minimum Gasteiger partial charge on any atom is -0.458 e. The lowest BCUT2D eigenvalue weighted by Gasteiger charge is -2.33. The van der Waals surface area contributed by atoms with E-state index in [0.29, 0.717) is 0 Å². The summed E-state index contributed by atoms with van der Waals surface area (Å²) in [6.07, 6.45) is 0. The predicted octanol–water partition coefficient (Wildman–Crippen LogP) is 9.77. The molecule has 4 heteroatoms. The molecular formula is C44H38BNO2. The summed E-state index contributed by atoms with van der Waals surface area (Å²) in [5, 5.41) is 2.58. The van der Waals surface area contributed by atoms with E-state index in [9.17, 15) is 0 Å². The van der Waals surface area contributed by atoms with Crippen LogP contribution < -0.4 is 25.9 Å². The van der Waals surface area contributed by atoms with Crippen molar-refractivity contribution in [2.75, 3.05) is 0 Å². The molecule has 0 bridgehead atoms. The van der Waals surface area contributed by atoms with Gasteiger partial charge in [0.05, 0.1) is 11.0 Å². The Kier molecular flexibility index (Phi) is 6.12. The smallest absolute Gasteiger partial charge is 0.260 e. The standard InChI is InChI=1S/C44H38BNO2/c1-43(2,3)29-18-20-36-32(25-29)33-26-30(44(4,5)6)19-21-37(33)46(36)31-13-11-12-27(22-31)28-23-40-42-41(24-28)48-39-17-10-8-15-35(39)45(42)34-14-7-9-16-38(34)47-40/h7-26H,1-6H3. The van der Waals surface area contributed by atoms with E-state index < -0.39 is 0 Å². The third-order valence-electron chi connectivity index (χ3n) is 10.2. The van der Waals surface area contributed by atoms with Gasteiger partial charge in [0.1, 0.15) is 23.0 Å². The molecule has 0 N–H and O–H groups in total. The minimum absolute atomic E-state index is 0.0566. The van der Waals surface area contributed by atoms with Crippen LogP contribution >= 0.6 is 0 Å². The molecule has 7 aromatic rings. The highest BCUT2D eigenvalue weighted by atomic mass is 16.5. The van der Waals surface area contributed by atoms with Crippen molar-refractivity contribution in [1.82, 2.24) is 4.57 Å². The summed E-state index contributed by atoms with van der Waals surface area (Å²) in [5.74, 6) is 3.51. The quantitative estimate of drug-likeness (QED) is 0.179. The van der Waals surface area contributed by atoms with Gasteiger partial charge in [-0.05, 0) is 105 Å². The SMILES string of the molecule is CC(C)(C)c1ccc2c(c1)c1cc(C(C)(C)C)ccc1n2-c1cccc(-c2cc3c4c(c2)Oc2ccccc2B4c2ccccc2O3)c1. The van der Waals surface area contributed by atoms with Crippen LogP contribution in [0.15, 0.2) is 121 Å². The highest BCUT2D eigenvalue weighted by Gasteiger charge is 2.40. The molecule has 0 saturated carbocycles. The molecule has 0 radical (unpaired) electrons. The summed E-state index contributed by atoms with van der Waals surface area (Å²) >= 11 is 0. The Balaban J connectivity index is 1.23. The number of nitrogens with zero attached hydrogens (tertiary/aromatic N) is 1. The van der Waals surface area contributed by atoms with Gasteiger partial charge in [-0.3, -0.25) is 0 Å². The molecule has 2 aliphatic heterocycles. The molecule has 0 fully saturated rings. The molecule has 0 saturated heterocycles. The third-order valence-corrected chi connectivity index (χ3v) is 10.2. The zero-order valence-electron chi connectivity index (χ0n) is 28.4. The minimum atomic E-state index is 0.0566. The Morgan fingerprint density at radius 1 is 0.479 bits per heavy atom. The van der Waals surface area contributed by atoms with E-state index in [-0.39, 0.29) is 17.5 Å². The van der Waals surface area contributed by atoms with Crippen molar-refractivity contribution in [3.05, 3.63) is 132 Å². The molecule has 48 heavy (non-hydrogen) atoms. The maximum atomic E-state index is 6.61. The lowest BCUT2D eigenvalue weighted by atomic mass is 9.35. The molecule has 1 aromatic heterocycles. The molecule has 234 valence electrons. The molecule has 3 heterocycles. The van der Waals surface area contributed by atoms with Crippen molar-refractivity contribution in [3.63, 3.8) is 0 Å². The average molecular weight is 624 g/mol. The number of fused-ring (bicyclic) bond motifs is 7. The fraction of sp³-hybridized carbons (Fsp3) is 0.182. The van der Waals surface area contributed by atoms with E-state index >= 15 is 0 Å². The highest BCUT2D eigenvalue weighted by Crippen LogP contribution is 2.41. The monoisotopic (exact) mass is 623 g/mol. The van der Waals surface area contributed by atoms with Gasteiger partial charge in [-0.1, -0.05) is 102 Å². The number of benzene rings is 6. The second-order valence-corrected chi connectivity index (χ2v) is 15.4. The fourth-order valence-corrected chi connectivity index (χ4v) is 7.62. The first-order valence-corrected chi connectivity index (χ1v) is 17.0. The van der Waals surface area contributed by atoms with Crippen LogP contribution in [0.5, 0.6) is 23.0 Å². The average Bonchev–Trinajstić information content (AvgIpc) is 3.40. The van der Waals surface area contributed by atoms with E-state index in [4.69, 9.17) is 9.47 Å². The van der Waals surface area contributed by atoms with Crippen molar-refractivity contribution in [1.29, 1.82) is 0 Å². The van der Waals surface area contributed by atoms with Gasteiger partial charge >= 0.3 is 0 Å².